The highest BCUT2D eigenvalue weighted by molar-refractivity contribution is 5.28. The topological polar surface area (TPSA) is 29.3 Å². The van der Waals surface area contributed by atoms with E-state index >= 15 is 0 Å². The number of benzene rings is 1. The second kappa shape index (κ2) is 3.25. The minimum Gasteiger partial charge on any atom is -0.269 e. The van der Waals surface area contributed by atoms with E-state index in [-0.39, 0.29) is 0 Å². The van der Waals surface area contributed by atoms with Crippen LogP contribution in [0.4, 0.5) is 0 Å². The van der Waals surface area contributed by atoms with Crippen LogP contribution in [0.2, 0.25) is 0 Å². The number of fused-ring (bicyclic) bond motifs is 1. The molecule has 1 aromatic carbocycles. The van der Waals surface area contributed by atoms with E-state index in [4.69, 9.17) is 5.84 Å². The Balaban J connectivity index is 2.26. The van der Waals surface area contributed by atoms with Crippen LogP contribution in [0, 0.1) is 0 Å². The second-order valence-corrected chi connectivity index (χ2v) is 3.30. The van der Waals surface area contributed by atoms with E-state index in [2.05, 4.69) is 24.3 Å². The molecular weight excluding hydrogens is 148 g/mol. The average Bonchev–Trinajstić information content (AvgIpc) is 2.29. The van der Waals surface area contributed by atoms with Gasteiger partial charge < -0.3 is 0 Å². The van der Waals surface area contributed by atoms with E-state index in [9.17, 15) is 0 Å². The maximum Gasteiger partial charge on any atom is 0.0169 e. The van der Waals surface area contributed by atoms with Gasteiger partial charge in [-0.1, -0.05) is 24.3 Å². The number of hydrazine groups is 1. The molecule has 2 heteroatoms. The third kappa shape index (κ3) is 1.49. The minimum absolute atomic E-state index is 0.983. The van der Waals surface area contributed by atoms with E-state index in [1.54, 1.807) is 0 Å². The van der Waals surface area contributed by atoms with Crippen molar-refractivity contribution in [1.29, 1.82) is 0 Å². The summed E-state index contributed by atoms with van der Waals surface area (Å²) in [6.45, 7) is 1.97. The predicted molar refractivity (Wildman–Crippen MR) is 49.6 cm³/mol. The van der Waals surface area contributed by atoms with E-state index in [1.807, 2.05) is 5.01 Å². The normalized spacial score (nSPS) is 18.4. The van der Waals surface area contributed by atoms with Gasteiger partial charge in [0.1, 0.15) is 0 Å². The van der Waals surface area contributed by atoms with Gasteiger partial charge in [0, 0.05) is 13.1 Å². The molecule has 0 radical (unpaired) electrons. The Hall–Kier alpha value is -0.860. The molecule has 0 fully saturated rings. The van der Waals surface area contributed by atoms with Crippen molar-refractivity contribution in [3.63, 3.8) is 0 Å². The van der Waals surface area contributed by atoms with Gasteiger partial charge in [-0.25, -0.2) is 5.01 Å². The fraction of sp³-hybridized carbons (Fsp3) is 0.400. The molecule has 1 aromatic rings. The van der Waals surface area contributed by atoms with Crippen molar-refractivity contribution < 1.29 is 0 Å². The average molecular weight is 162 g/mol. The van der Waals surface area contributed by atoms with Crippen LogP contribution >= 0.6 is 0 Å². The largest absolute Gasteiger partial charge is 0.269 e. The molecule has 2 N–H and O–H groups in total. The van der Waals surface area contributed by atoms with E-state index in [0.29, 0.717) is 0 Å². The molecule has 0 aromatic heterocycles. The lowest BCUT2D eigenvalue weighted by molar-refractivity contribution is 0.298. The smallest absolute Gasteiger partial charge is 0.0169 e. The quantitative estimate of drug-likeness (QED) is 0.576. The van der Waals surface area contributed by atoms with Gasteiger partial charge in [0.2, 0.25) is 0 Å². The van der Waals surface area contributed by atoms with Gasteiger partial charge in [0.25, 0.3) is 0 Å². The van der Waals surface area contributed by atoms with E-state index < -0.39 is 0 Å². The van der Waals surface area contributed by atoms with Gasteiger partial charge in [-0.15, -0.1) is 0 Å². The third-order valence-corrected chi connectivity index (χ3v) is 2.46. The number of nitrogens with zero attached hydrogens (tertiary/aromatic N) is 1. The molecule has 64 valence electrons. The van der Waals surface area contributed by atoms with Crippen LogP contribution in [0.3, 0.4) is 0 Å². The molecule has 2 rings (SSSR count). The highest BCUT2D eigenvalue weighted by Crippen LogP contribution is 2.13. The summed E-state index contributed by atoms with van der Waals surface area (Å²) < 4.78 is 0. The summed E-state index contributed by atoms with van der Waals surface area (Å²) in [5.74, 6) is 5.75. The zero-order valence-electron chi connectivity index (χ0n) is 7.16. The summed E-state index contributed by atoms with van der Waals surface area (Å²) in [7, 11) is 0. The monoisotopic (exact) mass is 162 g/mol. The molecule has 1 heterocycles. The van der Waals surface area contributed by atoms with Crippen molar-refractivity contribution in [2.45, 2.75) is 12.8 Å². The van der Waals surface area contributed by atoms with Crippen molar-refractivity contribution in [3.05, 3.63) is 35.4 Å². The summed E-state index contributed by atoms with van der Waals surface area (Å²) in [4.78, 5) is 0. The first-order valence-electron chi connectivity index (χ1n) is 4.43. The Morgan fingerprint density at radius 3 is 2.00 bits per heavy atom. The van der Waals surface area contributed by atoms with E-state index in [0.717, 1.165) is 25.9 Å². The van der Waals surface area contributed by atoms with Crippen molar-refractivity contribution in [3.8, 4) is 0 Å². The first-order chi connectivity index (χ1) is 5.86. The standard InChI is InChI=1S/C10H14N2/c11-12-7-5-9-3-1-2-4-10(9)6-8-12/h1-4H,5-8,11H2. The molecule has 1 aliphatic heterocycles. The number of nitrogens with two attached hydrogens (primary N) is 1. The van der Waals surface area contributed by atoms with Crippen LogP contribution in [0.1, 0.15) is 11.1 Å². The zero-order valence-corrected chi connectivity index (χ0v) is 7.16. The molecule has 1 aliphatic rings. The van der Waals surface area contributed by atoms with Gasteiger partial charge in [-0.05, 0) is 24.0 Å². The number of rotatable bonds is 0. The molecule has 2 nitrogen and oxygen atoms in total. The summed E-state index contributed by atoms with van der Waals surface area (Å²) in [6.07, 6.45) is 2.18. The molecule has 0 atom stereocenters. The van der Waals surface area contributed by atoms with Gasteiger partial charge in [0.05, 0.1) is 0 Å². The molecule has 0 amide bonds. The van der Waals surface area contributed by atoms with Crippen molar-refractivity contribution in [1.82, 2.24) is 5.01 Å². The van der Waals surface area contributed by atoms with Gasteiger partial charge >= 0.3 is 0 Å². The lowest BCUT2D eigenvalue weighted by atomic mass is 10.0. The van der Waals surface area contributed by atoms with Crippen molar-refractivity contribution >= 4 is 0 Å². The molecule has 0 aliphatic carbocycles. The lowest BCUT2D eigenvalue weighted by Gasteiger charge is -2.10. The highest BCUT2D eigenvalue weighted by atomic mass is 15.4. The van der Waals surface area contributed by atoms with Crippen LogP contribution in [0.5, 0.6) is 0 Å². The minimum atomic E-state index is 0.983. The number of hydrogen-bond acceptors (Lipinski definition) is 2. The maximum absolute atomic E-state index is 5.75. The maximum atomic E-state index is 5.75. The van der Waals surface area contributed by atoms with Crippen LogP contribution < -0.4 is 5.84 Å². The Kier molecular flexibility index (Phi) is 2.11. The summed E-state index contributed by atoms with van der Waals surface area (Å²) in [6, 6.07) is 8.61. The van der Waals surface area contributed by atoms with Crippen molar-refractivity contribution in [2.75, 3.05) is 13.1 Å². The Morgan fingerprint density at radius 2 is 1.50 bits per heavy atom. The Labute approximate surface area is 73.0 Å². The lowest BCUT2D eigenvalue weighted by Crippen LogP contribution is -2.33. The molecule has 0 saturated carbocycles. The fourth-order valence-corrected chi connectivity index (χ4v) is 1.69. The summed E-state index contributed by atoms with van der Waals surface area (Å²) >= 11 is 0. The summed E-state index contributed by atoms with van der Waals surface area (Å²) in [5.41, 5.74) is 2.93. The van der Waals surface area contributed by atoms with Gasteiger partial charge in [-0.3, -0.25) is 5.84 Å². The Morgan fingerprint density at radius 1 is 1.00 bits per heavy atom. The molecule has 0 saturated heterocycles. The van der Waals surface area contributed by atoms with Crippen molar-refractivity contribution in [2.24, 2.45) is 5.84 Å². The van der Waals surface area contributed by atoms with Gasteiger partial charge in [-0.2, -0.15) is 0 Å². The number of hydrogen-bond donors (Lipinski definition) is 1. The first-order valence-corrected chi connectivity index (χ1v) is 4.43. The third-order valence-electron chi connectivity index (χ3n) is 2.46. The summed E-state index contributed by atoms with van der Waals surface area (Å²) in [5, 5.41) is 1.90. The molecule has 12 heavy (non-hydrogen) atoms. The molecular formula is C10H14N2. The molecule has 0 spiro atoms. The Bertz CT molecular complexity index is 243. The first kappa shape index (κ1) is 7.77. The van der Waals surface area contributed by atoms with Crippen LogP contribution in [0.15, 0.2) is 24.3 Å². The SMILES string of the molecule is NN1CCc2ccccc2CC1. The van der Waals surface area contributed by atoms with E-state index in [1.165, 1.54) is 11.1 Å². The fourth-order valence-electron chi connectivity index (χ4n) is 1.69. The highest BCUT2D eigenvalue weighted by Gasteiger charge is 2.09. The molecule has 0 unspecified atom stereocenters. The molecule has 0 bridgehead atoms. The van der Waals surface area contributed by atoms with Crippen LogP contribution in [-0.4, -0.2) is 18.1 Å². The van der Waals surface area contributed by atoms with Crippen LogP contribution in [-0.2, 0) is 12.8 Å². The zero-order chi connectivity index (χ0) is 8.39. The van der Waals surface area contributed by atoms with Gasteiger partial charge in [0.15, 0.2) is 0 Å². The second-order valence-electron chi connectivity index (χ2n) is 3.30. The predicted octanol–water partition coefficient (Wildman–Crippen LogP) is 0.961. The van der Waals surface area contributed by atoms with Crippen LogP contribution in [0.25, 0.3) is 0 Å².